The molecule has 1 saturated heterocycles. The predicted molar refractivity (Wildman–Crippen MR) is 94.7 cm³/mol. The molecule has 6 heteroatoms. The summed E-state index contributed by atoms with van der Waals surface area (Å²) in [4.78, 5) is 16.4. The van der Waals surface area contributed by atoms with Crippen molar-refractivity contribution in [2.24, 2.45) is 11.8 Å². The van der Waals surface area contributed by atoms with Gasteiger partial charge in [-0.15, -0.1) is 24.8 Å². The summed E-state index contributed by atoms with van der Waals surface area (Å²) in [5.41, 5.74) is 0.912. The summed E-state index contributed by atoms with van der Waals surface area (Å²) in [6, 6.07) is 5.75. The first kappa shape index (κ1) is 21.2. The van der Waals surface area contributed by atoms with Crippen LogP contribution in [0.3, 0.4) is 0 Å². The highest BCUT2D eigenvalue weighted by molar-refractivity contribution is 5.85. The van der Waals surface area contributed by atoms with Crippen LogP contribution in [0.4, 0.5) is 0 Å². The standard InChI is InChI=1S/C16H25N3O.2ClH/c1-12(14-6-9-17-10-7-14)11-16(20)19-13(2)15-5-3-4-8-18-15;;/h3-5,8,12-14,17H,6-7,9-11H2,1-2H3,(H,19,20);2*1H. The van der Waals surface area contributed by atoms with Crippen LogP contribution in [-0.4, -0.2) is 24.0 Å². The van der Waals surface area contributed by atoms with Crippen LogP contribution in [0.5, 0.6) is 0 Å². The third-order valence-corrected chi connectivity index (χ3v) is 4.20. The van der Waals surface area contributed by atoms with Gasteiger partial charge in [0.15, 0.2) is 0 Å². The third-order valence-electron chi connectivity index (χ3n) is 4.20. The fourth-order valence-corrected chi connectivity index (χ4v) is 2.88. The molecule has 0 saturated carbocycles. The Balaban J connectivity index is 0.00000220. The molecule has 1 aromatic rings. The van der Waals surface area contributed by atoms with Crippen molar-refractivity contribution in [2.75, 3.05) is 13.1 Å². The number of carbonyl (C=O) groups excluding carboxylic acids is 1. The van der Waals surface area contributed by atoms with Crippen molar-refractivity contribution in [1.29, 1.82) is 0 Å². The summed E-state index contributed by atoms with van der Waals surface area (Å²) < 4.78 is 0. The molecule has 1 amide bonds. The molecule has 0 spiro atoms. The average Bonchev–Trinajstić information content (AvgIpc) is 2.49. The van der Waals surface area contributed by atoms with Crippen molar-refractivity contribution in [3.05, 3.63) is 30.1 Å². The first-order valence-corrected chi connectivity index (χ1v) is 7.58. The maximum Gasteiger partial charge on any atom is 0.220 e. The lowest BCUT2D eigenvalue weighted by Gasteiger charge is -2.28. The number of carbonyl (C=O) groups is 1. The Hall–Kier alpha value is -0.840. The fourth-order valence-electron chi connectivity index (χ4n) is 2.88. The van der Waals surface area contributed by atoms with Gasteiger partial charge in [-0.2, -0.15) is 0 Å². The molecule has 2 rings (SSSR count). The van der Waals surface area contributed by atoms with Gasteiger partial charge in [0.1, 0.15) is 0 Å². The lowest BCUT2D eigenvalue weighted by Crippen LogP contribution is -2.34. The van der Waals surface area contributed by atoms with Gasteiger partial charge >= 0.3 is 0 Å². The molecule has 0 aliphatic carbocycles. The molecule has 0 bridgehead atoms. The van der Waals surface area contributed by atoms with E-state index in [2.05, 4.69) is 22.5 Å². The van der Waals surface area contributed by atoms with Crippen LogP contribution in [0.15, 0.2) is 24.4 Å². The molecular formula is C16H27Cl2N3O. The van der Waals surface area contributed by atoms with Crippen LogP contribution in [-0.2, 0) is 4.79 Å². The third kappa shape index (κ3) is 6.51. The summed E-state index contributed by atoms with van der Waals surface area (Å²) in [6.07, 6.45) is 4.74. The molecule has 0 radical (unpaired) electrons. The Labute approximate surface area is 145 Å². The zero-order valence-corrected chi connectivity index (χ0v) is 14.9. The lowest BCUT2D eigenvalue weighted by molar-refractivity contribution is -0.123. The van der Waals surface area contributed by atoms with Crippen LogP contribution in [0.2, 0.25) is 0 Å². The monoisotopic (exact) mass is 347 g/mol. The minimum atomic E-state index is -0.0241. The zero-order chi connectivity index (χ0) is 14.4. The Kier molecular flexibility index (Phi) is 10.4. The summed E-state index contributed by atoms with van der Waals surface area (Å²) in [5.74, 6) is 1.26. The second-order valence-electron chi connectivity index (χ2n) is 5.81. The highest BCUT2D eigenvalue weighted by atomic mass is 35.5. The largest absolute Gasteiger partial charge is 0.348 e. The number of halogens is 2. The number of amides is 1. The van der Waals surface area contributed by atoms with Gasteiger partial charge in [-0.1, -0.05) is 13.0 Å². The van der Waals surface area contributed by atoms with Crippen molar-refractivity contribution in [3.8, 4) is 0 Å². The quantitative estimate of drug-likeness (QED) is 0.860. The first-order chi connectivity index (χ1) is 9.66. The molecular weight excluding hydrogens is 321 g/mol. The summed E-state index contributed by atoms with van der Waals surface area (Å²) in [5, 5.41) is 6.42. The average molecular weight is 348 g/mol. The van der Waals surface area contributed by atoms with Gasteiger partial charge in [-0.25, -0.2) is 0 Å². The number of hydrogen-bond acceptors (Lipinski definition) is 3. The van der Waals surface area contributed by atoms with Gasteiger partial charge in [0, 0.05) is 12.6 Å². The Bertz CT molecular complexity index is 425. The Morgan fingerprint density at radius 2 is 2.00 bits per heavy atom. The van der Waals surface area contributed by atoms with E-state index in [0.29, 0.717) is 18.3 Å². The van der Waals surface area contributed by atoms with Crippen LogP contribution in [0.1, 0.15) is 44.8 Å². The van der Waals surface area contributed by atoms with Crippen molar-refractivity contribution >= 4 is 30.7 Å². The maximum atomic E-state index is 12.1. The van der Waals surface area contributed by atoms with Crippen LogP contribution >= 0.6 is 24.8 Å². The van der Waals surface area contributed by atoms with E-state index in [-0.39, 0.29) is 36.8 Å². The van der Waals surface area contributed by atoms with Crippen molar-refractivity contribution < 1.29 is 4.79 Å². The van der Waals surface area contributed by atoms with E-state index in [4.69, 9.17) is 0 Å². The number of rotatable bonds is 5. The molecule has 1 fully saturated rings. The molecule has 2 unspecified atom stereocenters. The SMILES string of the molecule is CC(NC(=O)CC(C)C1CCNCC1)c1ccccn1.Cl.Cl. The van der Waals surface area contributed by atoms with Gasteiger partial charge in [0.05, 0.1) is 11.7 Å². The fraction of sp³-hybridized carbons (Fsp3) is 0.625. The van der Waals surface area contributed by atoms with E-state index in [1.807, 2.05) is 25.1 Å². The highest BCUT2D eigenvalue weighted by Crippen LogP contribution is 2.24. The molecule has 0 aromatic carbocycles. The van der Waals surface area contributed by atoms with Crippen LogP contribution < -0.4 is 10.6 Å². The number of nitrogens with zero attached hydrogens (tertiary/aromatic N) is 1. The number of hydrogen-bond donors (Lipinski definition) is 2. The van der Waals surface area contributed by atoms with Crippen molar-refractivity contribution in [3.63, 3.8) is 0 Å². The zero-order valence-electron chi connectivity index (χ0n) is 13.2. The normalized spacial score (nSPS) is 17.5. The van der Waals surface area contributed by atoms with E-state index >= 15 is 0 Å². The van der Waals surface area contributed by atoms with E-state index < -0.39 is 0 Å². The molecule has 4 nitrogen and oxygen atoms in total. The van der Waals surface area contributed by atoms with Crippen LogP contribution in [0, 0.1) is 11.8 Å². The van der Waals surface area contributed by atoms with Crippen LogP contribution in [0.25, 0.3) is 0 Å². The van der Waals surface area contributed by atoms with E-state index in [0.717, 1.165) is 18.8 Å². The van der Waals surface area contributed by atoms with Gasteiger partial charge in [-0.05, 0) is 56.8 Å². The second kappa shape index (κ2) is 10.8. The van der Waals surface area contributed by atoms with Crippen molar-refractivity contribution in [1.82, 2.24) is 15.6 Å². The van der Waals surface area contributed by atoms with Gasteiger partial charge in [0.2, 0.25) is 5.91 Å². The van der Waals surface area contributed by atoms with Crippen molar-refractivity contribution in [2.45, 2.75) is 39.2 Å². The number of aromatic nitrogens is 1. The lowest BCUT2D eigenvalue weighted by atomic mass is 9.84. The van der Waals surface area contributed by atoms with Gasteiger partial charge < -0.3 is 10.6 Å². The Morgan fingerprint density at radius 3 is 2.59 bits per heavy atom. The summed E-state index contributed by atoms with van der Waals surface area (Å²) in [6.45, 7) is 6.35. The molecule has 1 aliphatic rings. The Morgan fingerprint density at radius 1 is 1.32 bits per heavy atom. The summed E-state index contributed by atoms with van der Waals surface area (Å²) in [7, 11) is 0. The summed E-state index contributed by atoms with van der Waals surface area (Å²) >= 11 is 0. The highest BCUT2D eigenvalue weighted by Gasteiger charge is 2.22. The number of nitrogens with one attached hydrogen (secondary N) is 2. The maximum absolute atomic E-state index is 12.1. The number of piperidine rings is 1. The molecule has 2 atom stereocenters. The van der Waals surface area contributed by atoms with E-state index in [1.54, 1.807) is 6.20 Å². The molecule has 2 heterocycles. The van der Waals surface area contributed by atoms with E-state index in [9.17, 15) is 4.79 Å². The smallest absolute Gasteiger partial charge is 0.220 e. The van der Waals surface area contributed by atoms with Gasteiger partial charge in [-0.3, -0.25) is 9.78 Å². The predicted octanol–water partition coefficient (Wildman–Crippen LogP) is 3.13. The molecule has 126 valence electrons. The first-order valence-electron chi connectivity index (χ1n) is 7.58. The second-order valence-corrected chi connectivity index (χ2v) is 5.81. The number of pyridine rings is 1. The van der Waals surface area contributed by atoms with Gasteiger partial charge in [0.25, 0.3) is 0 Å². The molecule has 1 aromatic heterocycles. The van der Waals surface area contributed by atoms with E-state index in [1.165, 1.54) is 12.8 Å². The minimum Gasteiger partial charge on any atom is -0.348 e. The topological polar surface area (TPSA) is 54.0 Å². The molecule has 1 aliphatic heterocycles. The molecule has 2 N–H and O–H groups in total. The molecule has 22 heavy (non-hydrogen) atoms. The minimum absolute atomic E-state index is 0.